The Balaban J connectivity index is 1.97. The van der Waals surface area contributed by atoms with Gasteiger partial charge in [-0.05, 0) is 44.8 Å². The van der Waals surface area contributed by atoms with Gasteiger partial charge in [-0.15, -0.1) is 11.3 Å². The molecule has 0 bridgehead atoms. The first-order chi connectivity index (χ1) is 10.9. The molecule has 0 aliphatic carbocycles. The number of carbonyl (C=O) groups excluding carboxylic acids is 2. The zero-order valence-corrected chi connectivity index (χ0v) is 15.3. The first kappa shape index (κ1) is 17.9. The molecule has 0 spiro atoms. The predicted octanol–water partition coefficient (Wildman–Crippen LogP) is 2.20. The van der Waals surface area contributed by atoms with E-state index in [9.17, 15) is 9.59 Å². The normalized spacial score (nSPS) is 18.5. The molecule has 0 radical (unpaired) electrons. The van der Waals surface area contributed by atoms with E-state index in [1.807, 2.05) is 16.3 Å². The van der Waals surface area contributed by atoms with Crippen LogP contribution in [0.2, 0.25) is 0 Å². The molecule has 1 fully saturated rings. The Hall–Kier alpha value is -1.40. The molecular weight excluding hydrogens is 310 g/mol. The van der Waals surface area contributed by atoms with Gasteiger partial charge in [0.1, 0.15) is 5.54 Å². The third-order valence-electron chi connectivity index (χ3n) is 4.49. The number of nitrogens with zero attached hydrogens (tertiary/aromatic N) is 2. The summed E-state index contributed by atoms with van der Waals surface area (Å²) in [7, 11) is 0. The molecule has 1 aromatic rings. The molecule has 2 amide bonds. The van der Waals surface area contributed by atoms with E-state index < -0.39 is 5.54 Å². The summed E-state index contributed by atoms with van der Waals surface area (Å²) < 4.78 is 0. The maximum Gasteiger partial charge on any atom is 0.262 e. The van der Waals surface area contributed by atoms with Crippen LogP contribution in [-0.4, -0.2) is 59.4 Å². The summed E-state index contributed by atoms with van der Waals surface area (Å²) in [5.41, 5.74) is -0.890. The number of carbonyl (C=O) groups is 2. The molecule has 0 aromatic carbocycles. The van der Waals surface area contributed by atoms with E-state index >= 15 is 0 Å². The van der Waals surface area contributed by atoms with Crippen LogP contribution in [0.4, 0.5) is 0 Å². The SMILES string of the molecule is CCN(CC)C1CCN(C(=O)C(C)(C)NC(=O)c2cccs2)C1. The summed E-state index contributed by atoms with van der Waals surface area (Å²) in [6.45, 7) is 11.4. The molecule has 23 heavy (non-hydrogen) atoms. The number of likely N-dealkylation sites (tertiary alicyclic amines) is 1. The van der Waals surface area contributed by atoms with Crippen molar-refractivity contribution in [1.82, 2.24) is 15.1 Å². The maximum atomic E-state index is 12.8. The molecule has 1 N–H and O–H groups in total. The average Bonchev–Trinajstić information content (AvgIpc) is 3.19. The molecule has 1 atom stereocenters. The number of likely N-dealkylation sites (N-methyl/N-ethyl adjacent to an activating group) is 1. The standard InChI is InChI=1S/C17H27N3O2S/c1-5-19(6-2)13-9-10-20(12-13)16(22)17(3,4)18-15(21)14-8-7-11-23-14/h7-8,11,13H,5-6,9-10,12H2,1-4H3,(H,18,21). The lowest BCUT2D eigenvalue weighted by Crippen LogP contribution is -2.55. The van der Waals surface area contributed by atoms with Crippen LogP contribution in [-0.2, 0) is 4.79 Å². The third-order valence-corrected chi connectivity index (χ3v) is 5.35. The van der Waals surface area contributed by atoms with Crippen molar-refractivity contribution >= 4 is 23.2 Å². The second-order valence-electron chi connectivity index (χ2n) is 6.47. The number of thiophene rings is 1. The van der Waals surface area contributed by atoms with Crippen LogP contribution < -0.4 is 5.32 Å². The highest BCUT2D eigenvalue weighted by molar-refractivity contribution is 7.12. The fraction of sp³-hybridized carbons (Fsp3) is 0.647. The summed E-state index contributed by atoms with van der Waals surface area (Å²) >= 11 is 1.38. The van der Waals surface area contributed by atoms with E-state index in [0.717, 1.165) is 32.6 Å². The zero-order valence-electron chi connectivity index (χ0n) is 14.5. The van der Waals surface area contributed by atoms with Crippen molar-refractivity contribution < 1.29 is 9.59 Å². The van der Waals surface area contributed by atoms with Gasteiger partial charge in [0.05, 0.1) is 4.88 Å². The molecule has 2 rings (SSSR count). The average molecular weight is 337 g/mol. The Morgan fingerprint density at radius 3 is 2.65 bits per heavy atom. The van der Waals surface area contributed by atoms with Gasteiger partial charge in [-0.25, -0.2) is 0 Å². The van der Waals surface area contributed by atoms with Gasteiger partial charge in [0.25, 0.3) is 5.91 Å². The third kappa shape index (κ3) is 4.12. The Labute approximate surface area is 142 Å². The van der Waals surface area contributed by atoms with Crippen LogP contribution in [0.25, 0.3) is 0 Å². The molecule has 1 aliphatic rings. The van der Waals surface area contributed by atoms with E-state index in [2.05, 4.69) is 24.1 Å². The molecule has 1 aliphatic heterocycles. The lowest BCUT2D eigenvalue weighted by molar-refractivity contribution is -0.135. The van der Waals surface area contributed by atoms with Gasteiger partial charge in [0, 0.05) is 19.1 Å². The minimum Gasteiger partial charge on any atom is -0.339 e. The molecule has 128 valence electrons. The van der Waals surface area contributed by atoms with E-state index in [0.29, 0.717) is 10.9 Å². The molecule has 5 nitrogen and oxygen atoms in total. The number of hydrogen-bond acceptors (Lipinski definition) is 4. The Bertz CT molecular complexity index is 538. The van der Waals surface area contributed by atoms with Crippen LogP contribution in [0.5, 0.6) is 0 Å². The lowest BCUT2D eigenvalue weighted by Gasteiger charge is -2.31. The van der Waals surface area contributed by atoms with Gasteiger partial charge in [0.2, 0.25) is 5.91 Å². The highest BCUT2D eigenvalue weighted by Gasteiger charge is 2.38. The first-order valence-corrected chi connectivity index (χ1v) is 9.16. The predicted molar refractivity (Wildman–Crippen MR) is 93.8 cm³/mol. The molecule has 1 unspecified atom stereocenters. The number of nitrogens with one attached hydrogen (secondary N) is 1. The largest absolute Gasteiger partial charge is 0.339 e. The summed E-state index contributed by atoms with van der Waals surface area (Å²) in [6, 6.07) is 4.04. The summed E-state index contributed by atoms with van der Waals surface area (Å²) in [6.07, 6.45) is 1.00. The number of hydrogen-bond donors (Lipinski definition) is 1. The van der Waals surface area contributed by atoms with Crippen molar-refractivity contribution in [2.45, 2.75) is 45.7 Å². The quantitative estimate of drug-likeness (QED) is 0.866. The topological polar surface area (TPSA) is 52.6 Å². The smallest absolute Gasteiger partial charge is 0.262 e. The van der Waals surface area contributed by atoms with Crippen molar-refractivity contribution in [3.05, 3.63) is 22.4 Å². The van der Waals surface area contributed by atoms with Crippen molar-refractivity contribution in [2.75, 3.05) is 26.2 Å². The Morgan fingerprint density at radius 1 is 1.39 bits per heavy atom. The van der Waals surface area contributed by atoms with Gasteiger partial charge >= 0.3 is 0 Å². The second-order valence-corrected chi connectivity index (χ2v) is 7.42. The Kier molecular flexibility index (Phi) is 5.81. The highest BCUT2D eigenvalue weighted by atomic mass is 32.1. The molecule has 2 heterocycles. The fourth-order valence-corrected chi connectivity index (χ4v) is 3.79. The monoisotopic (exact) mass is 337 g/mol. The van der Waals surface area contributed by atoms with Crippen molar-refractivity contribution in [1.29, 1.82) is 0 Å². The van der Waals surface area contributed by atoms with Gasteiger partial charge in [0.15, 0.2) is 0 Å². The minimum atomic E-state index is -0.890. The maximum absolute atomic E-state index is 12.8. The molecule has 1 aromatic heterocycles. The zero-order chi connectivity index (χ0) is 17.0. The van der Waals surface area contributed by atoms with E-state index in [1.54, 1.807) is 19.9 Å². The van der Waals surface area contributed by atoms with Crippen molar-refractivity contribution in [2.24, 2.45) is 0 Å². The molecular formula is C17H27N3O2S. The second kappa shape index (κ2) is 7.45. The summed E-state index contributed by atoms with van der Waals surface area (Å²) in [4.78, 5) is 30.0. The van der Waals surface area contributed by atoms with Gasteiger partial charge < -0.3 is 10.2 Å². The first-order valence-electron chi connectivity index (χ1n) is 8.28. The number of rotatable bonds is 6. The van der Waals surface area contributed by atoms with Crippen molar-refractivity contribution in [3.8, 4) is 0 Å². The summed E-state index contributed by atoms with van der Waals surface area (Å²) in [5.74, 6) is -0.185. The number of amides is 2. The van der Waals surface area contributed by atoms with E-state index in [4.69, 9.17) is 0 Å². The minimum absolute atomic E-state index is 0.00272. The lowest BCUT2D eigenvalue weighted by atomic mass is 10.0. The molecule has 1 saturated heterocycles. The van der Waals surface area contributed by atoms with Crippen LogP contribution in [0.1, 0.15) is 43.8 Å². The summed E-state index contributed by atoms with van der Waals surface area (Å²) in [5, 5.41) is 4.73. The van der Waals surface area contributed by atoms with Crippen molar-refractivity contribution in [3.63, 3.8) is 0 Å². The molecule has 0 saturated carbocycles. The van der Waals surface area contributed by atoms with Gasteiger partial charge in [-0.2, -0.15) is 0 Å². The van der Waals surface area contributed by atoms with E-state index in [-0.39, 0.29) is 11.8 Å². The highest BCUT2D eigenvalue weighted by Crippen LogP contribution is 2.20. The fourth-order valence-electron chi connectivity index (χ4n) is 3.17. The van der Waals surface area contributed by atoms with Crippen LogP contribution in [0.3, 0.4) is 0 Å². The van der Waals surface area contributed by atoms with Crippen LogP contribution in [0.15, 0.2) is 17.5 Å². The molecule has 6 heteroatoms. The van der Waals surface area contributed by atoms with Crippen LogP contribution >= 0.6 is 11.3 Å². The Morgan fingerprint density at radius 2 is 2.09 bits per heavy atom. The van der Waals surface area contributed by atoms with Gasteiger partial charge in [-0.1, -0.05) is 19.9 Å². The van der Waals surface area contributed by atoms with Gasteiger partial charge in [-0.3, -0.25) is 14.5 Å². The van der Waals surface area contributed by atoms with Crippen LogP contribution in [0, 0.1) is 0 Å². The van der Waals surface area contributed by atoms with E-state index in [1.165, 1.54) is 11.3 Å².